The van der Waals surface area contributed by atoms with E-state index in [9.17, 15) is 13.2 Å². The lowest BCUT2D eigenvalue weighted by Crippen LogP contribution is -2.32. The third-order valence-electron chi connectivity index (χ3n) is 2.32. The molecule has 0 aliphatic rings. The molecule has 8 heteroatoms. The van der Waals surface area contributed by atoms with Crippen LogP contribution in [-0.2, 0) is 10.0 Å². The van der Waals surface area contributed by atoms with Crippen LogP contribution in [-0.4, -0.2) is 26.0 Å². The van der Waals surface area contributed by atoms with Gasteiger partial charge in [0, 0.05) is 11.6 Å². The van der Waals surface area contributed by atoms with Crippen molar-refractivity contribution in [1.82, 2.24) is 4.72 Å². The standard InChI is InChI=1S/C12H15Cl2NO4S/c1-12(2,3)6-15-20(18,19)9-5-7(13)4-8(10(9)14)11(16)17/h4-5,15H,6H2,1-3H3,(H,16,17). The van der Waals surface area contributed by atoms with Crippen molar-refractivity contribution in [2.45, 2.75) is 25.7 Å². The number of carboxylic acids is 1. The van der Waals surface area contributed by atoms with Crippen LogP contribution in [0.3, 0.4) is 0 Å². The van der Waals surface area contributed by atoms with E-state index in [0.29, 0.717) is 0 Å². The monoisotopic (exact) mass is 339 g/mol. The first-order valence-electron chi connectivity index (χ1n) is 5.66. The van der Waals surface area contributed by atoms with Gasteiger partial charge in [0.1, 0.15) is 4.90 Å². The molecule has 0 saturated carbocycles. The number of carbonyl (C=O) groups is 1. The zero-order valence-electron chi connectivity index (χ0n) is 11.2. The Morgan fingerprint density at radius 1 is 1.30 bits per heavy atom. The van der Waals surface area contributed by atoms with Crippen molar-refractivity contribution in [1.29, 1.82) is 0 Å². The molecule has 0 aliphatic carbocycles. The van der Waals surface area contributed by atoms with Crippen molar-refractivity contribution in [3.8, 4) is 0 Å². The molecule has 1 aromatic carbocycles. The third kappa shape index (κ3) is 4.34. The Kier molecular flexibility index (Phi) is 5.08. The summed E-state index contributed by atoms with van der Waals surface area (Å²) >= 11 is 11.6. The van der Waals surface area contributed by atoms with Crippen LogP contribution in [0.1, 0.15) is 31.1 Å². The summed E-state index contributed by atoms with van der Waals surface area (Å²) in [6.45, 7) is 5.76. The first-order chi connectivity index (χ1) is 8.94. The van der Waals surface area contributed by atoms with Crippen molar-refractivity contribution in [2.24, 2.45) is 5.41 Å². The zero-order chi connectivity index (χ0) is 15.7. The molecule has 1 rings (SSSR count). The summed E-state index contributed by atoms with van der Waals surface area (Å²) in [5, 5.41) is 8.61. The Bertz CT molecular complexity index is 636. The first-order valence-corrected chi connectivity index (χ1v) is 7.90. The Hall–Kier alpha value is -0.820. The second-order valence-corrected chi connectivity index (χ2v) is 8.01. The molecule has 0 unspecified atom stereocenters. The molecule has 2 N–H and O–H groups in total. The predicted octanol–water partition coefficient (Wildman–Crippen LogP) is 3.02. The van der Waals surface area contributed by atoms with Gasteiger partial charge in [0.25, 0.3) is 0 Å². The summed E-state index contributed by atoms with van der Waals surface area (Å²) in [5.41, 5.74) is -0.622. The van der Waals surface area contributed by atoms with Gasteiger partial charge in [-0.1, -0.05) is 44.0 Å². The van der Waals surface area contributed by atoms with Crippen LogP contribution in [0.2, 0.25) is 10.0 Å². The normalized spacial score (nSPS) is 12.4. The SMILES string of the molecule is CC(C)(C)CNS(=O)(=O)c1cc(Cl)cc(C(=O)O)c1Cl. The molecule has 0 radical (unpaired) electrons. The van der Waals surface area contributed by atoms with E-state index in [4.69, 9.17) is 28.3 Å². The van der Waals surface area contributed by atoms with Crippen molar-refractivity contribution >= 4 is 39.2 Å². The minimum atomic E-state index is -3.93. The number of aromatic carboxylic acids is 1. The number of carboxylic acid groups (broad SMARTS) is 1. The number of benzene rings is 1. The van der Waals surface area contributed by atoms with Crippen LogP contribution in [0.5, 0.6) is 0 Å². The van der Waals surface area contributed by atoms with E-state index in [2.05, 4.69) is 4.72 Å². The number of sulfonamides is 1. The molecule has 0 bridgehead atoms. The number of rotatable bonds is 4. The highest BCUT2D eigenvalue weighted by molar-refractivity contribution is 7.89. The molecule has 0 aromatic heterocycles. The first kappa shape index (κ1) is 17.2. The van der Waals surface area contributed by atoms with E-state index >= 15 is 0 Å². The number of hydrogen-bond donors (Lipinski definition) is 2. The third-order valence-corrected chi connectivity index (χ3v) is 4.48. The molecule has 1 aromatic rings. The van der Waals surface area contributed by atoms with Crippen molar-refractivity contribution in [2.75, 3.05) is 6.54 Å². The smallest absolute Gasteiger partial charge is 0.337 e. The average Bonchev–Trinajstić information content (AvgIpc) is 2.28. The summed E-state index contributed by atoms with van der Waals surface area (Å²) < 4.78 is 26.7. The molecule has 112 valence electrons. The van der Waals surface area contributed by atoms with E-state index in [1.54, 1.807) is 0 Å². The Morgan fingerprint density at radius 3 is 2.30 bits per heavy atom. The summed E-state index contributed by atoms with van der Waals surface area (Å²) in [5.74, 6) is -1.34. The molecular weight excluding hydrogens is 325 g/mol. The van der Waals surface area contributed by atoms with Crippen LogP contribution < -0.4 is 4.72 Å². The molecule has 0 heterocycles. The van der Waals surface area contributed by atoms with Gasteiger partial charge in [-0.2, -0.15) is 0 Å². The van der Waals surface area contributed by atoms with Gasteiger partial charge in [0.2, 0.25) is 10.0 Å². The molecule has 5 nitrogen and oxygen atoms in total. The fourth-order valence-corrected chi connectivity index (χ4v) is 3.49. The predicted molar refractivity (Wildman–Crippen MR) is 78.1 cm³/mol. The highest BCUT2D eigenvalue weighted by Crippen LogP contribution is 2.29. The van der Waals surface area contributed by atoms with Crippen LogP contribution in [0.25, 0.3) is 0 Å². The zero-order valence-corrected chi connectivity index (χ0v) is 13.5. The fourth-order valence-electron chi connectivity index (χ4n) is 1.30. The Labute approximate surface area is 127 Å². The van der Waals surface area contributed by atoms with Crippen LogP contribution in [0.15, 0.2) is 17.0 Å². The minimum Gasteiger partial charge on any atom is -0.478 e. The second-order valence-electron chi connectivity index (χ2n) is 5.46. The second kappa shape index (κ2) is 5.89. The van der Waals surface area contributed by atoms with Crippen molar-refractivity contribution in [3.05, 3.63) is 27.7 Å². The molecule has 0 spiro atoms. The van der Waals surface area contributed by atoms with Crippen LogP contribution in [0, 0.1) is 5.41 Å². The molecule has 0 saturated heterocycles. The van der Waals surface area contributed by atoms with Gasteiger partial charge in [-0.15, -0.1) is 0 Å². The quantitative estimate of drug-likeness (QED) is 0.882. The van der Waals surface area contributed by atoms with Crippen molar-refractivity contribution in [3.63, 3.8) is 0 Å². The summed E-state index contributed by atoms with van der Waals surface area (Å²) in [4.78, 5) is 10.7. The van der Waals surface area contributed by atoms with Gasteiger partial charge in [0.05, 0.1) is 10.6 Å². The maximum Gasteiger partial charge on any atom is 0.337 e. The van der Waals surface area contributed by atoms with Crippen LogP contribution in [0.4, 0.5) is 0 Å². The van der Waals surface area contributed by atoms with Crippen molar-refractivity contribution < 1.29 is 18.3 Å². The Morgan fingerprint density at radius 2 is 1.85 bits per heavy atom. The average molecular weight is 340 g/mol. The summed E-state index contributed by atoms with van der Waals surface area (Å²) in [6, 6.07) is 2.23. The van der Waals surface area contributed by atoms with Gasteiger partial charge in [-0.3, -0.25) is 0 Å². The summed E-state index contributed by atoms with van der Waals surface area (Å²) in [6.07, 6.45) is 0. The van der Waals surface area contributed by atoms with Gasteiger partial charge in [-0.05, 0) is 17.5 Å². The van der Waals surface area contributed by atoms with E-state index in [1.165, 1.54) is 0 Å². The van der Waals surface area contributed by atoms with Gasteiger partial charge >= 0.3 is 5.97 Å². The molecule has 20 heavy (non-hydrogen) atoms. The van der Waals surface area contributed by atoms with Gasteiger partial charge in [-0.25, -0.2) is 17.9 Å². The van der Waals surface area contributed by atoms with Gasteiger partial charge in [0.15, 0.2) is 0 Å². The highest BCUT2D eigenvalue weighted by Gasteiger charge is 2.25. The molecular formula is C12H15Cl2NO4S. The fraction of sp³-hybridized carbons (Fsp3) is 0.417. The number of nitrogens with one attached hydrogen (secondary N) is 1. The lowest BCUT2D eigenvalue weighted by atomic mass is 9.98. The maximum atomic E-state index is 12.2. The van der Waals surface area contributed by atoms with E-state index in [0.717, 1.165) is 12.1 Å². The highest BCUT2D eigenvalue weighted by atomic mass is 35.5. The van der Waals surface area contributed by atoms with E-state index in [1.807, 2.05) is 20.8 Å². The molecule has 0 aliphatic heterocycles. The van der Waals surface area contributed by atoms with Crippen LogP contribution >= 0.6 is 23.2 Å². The maximum absolute atomic E-state index is 12.2. The molecule has 0 amide bonds. The lowest BCUT2D eigenvalue weighted by Gasteiger charge is -2.19. The molecule has 0 fully saturated rings. The number of hydrogen-bond acceptors (Lipinski definition) is 3. The minimum absolute atomic E-state index is 0.0112. The Balaban J connectivity index is 3.29. The topological polar surface area (TPSA) is 83.5 Å². The van der Waals surface area contributed by atoms with E-state index in [-0.39, 0.29) is 32.5 Å². The molecule has 0 atom stereocenters. The lowest BCUT2D eigenvalue weighted by molar-refractivity contribution is 0.0697. The largest absolute Gasteiger partial charge is 0.478 e. The number of halogens is 2. The van der Waals surface area contributed by atoms with Gasteiger partial charge < -0.3 is 5.11 Å². The summed E-state index contributed by atoms with van der Waals surface area (Å²) in [7, 11) is -3.93. The van der Waals surface area contributed by atoms with E-state index < -0.39 is 16.0 Å².